The van der Waals surface area contributed by atoms with Crippen LogP contribution in [0, 0.1) is 0 Å². The van der Waals surface area contributed by atoms with Crippen molar-refractivity contribution in [1.29, 1.82) is 0 Å². The summed E-state index contributed by atoms with van der Waals surface area (Å²) in [6.07, 6.45) is -2.12. The predicted octanol–water partition coefficient (Wildman–Crippen LogP) is 6.36. The third kappa shape index (κ3) is 9.65. The summed E-state index contributed by atoms with van der Waals surface area (Å²) in [5.74, 6) is 0.344. The lowest BCUT2D eigenvalue weighted by molar-refractivity contribution is -0.0287. The molecule has 38 heavy (non-hydrogen) atoms. The van der Waals surface area contributed by atoms with Gasteiger partial charge < -0.3 is 28.4 Å². The molecule has 4 rings (SSSR count). The lowest BCUT2D eigenvalue weighted by atomic mass is 10.1. The fourth-order valence-corrected chi connectivity index (χ4v) is 3.50. The Kier molecular flexibility index (Phi) is 18.3. The zero-order chi connectivity index (χ0) is 29.1. The van der Waals surface area contributed by atoms with E-state index in [0.29, 0.717) is 22.6 Å². The molecule has 0 aliphatic carbocycles. The first-order valence-electron chi connectivity index (χ1n) is 13.5. The molecule has 4 atom stereocenters. The molecule has 8 nitrogen and oxygen atoms in total. The summed E-state index contributed by atoms with van der Waals surface area (Å²) in [4.78, 5) is 24.8. The van der Waals surface area contributed by atoms with Crippen LogP contribution in [0.4, 0.5) is 0 Å². The molecule has 2 heterocycles. The number of esters is 2. The second-order valence-corrected chi connectivity index (χ2v) is 6.94. The Morgan fingerprint density at radius 3 is 1.13 bits per heavy atom. The van der Waals surface area contributed by atoms with Crippen molar-refractivity contribution in [2.24, 2.45) is 0 Å². The van der Waals surface area contributed by atoms with E-state index in [2.05, 4.69) is 0 Å². The number of carbonyl (C=O) groups excluding carboxylic acids is 2. The van der Waals surface area contributed by atoms with Crippen LogP contribution in [0.1, 0.15) is 76.1 Å². The number of hydrogen-bond acceptors (Lipinski definition) is 8. The van der Waals surface area contributed by atoms with Crippen molar-refractivity contribution in [2.75, 3.05) is 27.4 Å². The number of hydrogen-bond donors (Lipinski definition) is 0. The van der Waals surface area contributed by atoms with Crippen LogP contribution < -0.4 is 9.47 Å². The molecule has 0 N–H and O–H groups in total. The third-order valence-electron chi connectivity index (χ3n) is 5.13. The Balaban J connectivity index is 0.00000157. The first kappa shape index (κ1) is 34.9. The molecule has 2 aliphatic rings. The predicted molar refractivity (Wildman–Crippen MR) is 149 cm³/mol. The molecule has 2 saturated heterocycles. The molecule has 0 aromatic heterocycles. The van der Waals surface area contributed by atoms with Crippen LogP contribution in [0.2, 0.25) is 0 Å². The maximum atomic E-state index is 12.4. The molecule has 2 aromatic rings. The zero-order valence-corrected chi connectivity index (χ0v) is 24.6. The maximum Gasteiger partial charge on any atom is 0.338 e. The Bertz CT molecular complexity index is 820. The lowest BCUT2D eigenvalue weighted by Gasteiger charge is -2.17. The quantitative estimate of drug-likeness (QED) is 0.396. The molecule has 0 radical (unpaired) electrons. The fourth-order valence-electron chi connectivity index (χ4n) is 3.50. The highest BCUT2D eigenvalue weighted by atomic mass is 16.7. The van der Waals surface area contributed by atoms with E-state index in [1.165, 1.54) is 0 Å². The molecule has 0 bridgehead atoms. The van der Waals surface area contributed by atoms with Crippen molar-refractivity contribution < 1.29 is 38.0 Å². The van der Waals surface area contributed by atoms with Gasteiger partial charge >= 0.3 is 11.9 Å². The Morgan fingerprint density at radius 1 is 0.579 bits per heavy atom. The van der Waals surface area contributed by atoms with E-state index >= 15 is 0 Å². The van der Waals surface area contributed by atoms with Gasteiger partial charge in [0.15, 0.2) is 12.2 Å². The normalized spacial score (nSPS) is 20.2. The zero-order valence-electron chi connectivity index (χ0n) is 24.6. The van der Waals surface area contributed by atoms with Crippen LogP contribution >= 0.6 is 0 Å². The summed E-state index contributed by atoms with van der Waals surface area (Å²) in [5.41, 5.74) is 0.805. The minimum Gasteiger partial charge on any atom is -0.497 e. The molecule has 0 saturated carbocycles. The molecule has 2 aromatic carbocycles. The highest BCUT2D eigenvalue weighted by Gasteiger charge is 2.51. The number of fused-ring (bicyclic) bond motifs is 1. The second-order valence-electron chi connectivity index (χ2n) is 6.94. The molecular weight excluding hydrogens is 488 g/mol. The fraction of sp³-hybridized carbons (Fsp3) is 0.533. The number of carbonyl (C=O) groups is 2. The van der Waals surface area contributed by atoms with Crippen molar-refractivity contribution >= 4 is 11.9 Å². The van der Waals surface area contributed by atoms with E-state index in [1.807, 2.05) is 55.4 Å². The average molecular weight is 535 g/mol. The minimum atomic E-state index is -0.575. The van der Waals surface area contributed by atoms with Gasteiger partial charge in [0.05, 0.1) is 38.6 Å². The van der Waals surface area contributed by atoms with Gasteiger partial charge in [0.1, 0.15) is 23.7 Å². The average Bonchev–Trinajstić information content (AvgIpc) is 3.60. The molecule has 0 unspecified atom stereocenters. The number of methoxy groups -OCH3 is 2. The number of benzene rings is 2. The summed E-state index contributed by atoms with van der Waals surface area (Å²) in [6.45, 7) is 16.3. The summed E-state index contributed by atoms with van der Waals surface area (Å²) < 4.78 is 32.8. The van der Waals surface area contributed by atoms with E-state index in [-0.39, 0.29) is 13.2 Å². The SMILES string of the molecule is CC.CC.CC.CC.COc1ccc(C(=O)O[C@H]2CO[C@@H]3[C@H]2OC[C@@H]3OC(=O)c2ccc(OC)cc2)cc1. The van der Waals surface area contributed by atoms with E-state index in [9.17, 15) is 9.59 Å². The number of rotatable bonds is 6. The van der Waals surface area contributed by atoms with Gasteiger partial charge in [0.2, 0.25) is 0 Å². The summed E-state index contributed by atoms with van der Waals surface area (Å²) >= 11 is 0. The second kappa shape index (κ2) is 19.9. The van der Waals surface area contributed by atoms with Gasteiger partial charge in [-0.25, -0.2) is 9.59 Å². The van der Waals surface area contributed by atoms with Crippen LogP contribution in [-0.4, -0.2) is 63.8 Å². The van der Waals surface area contributed by atoms with Gasteiger partial charge in [-0.15, -0.1) is 0 Å². The van der Waals surface area contributed by atoms with Crippen LogP contribution in [0.15, 0.2) is 48.5 Å². The largest absolute Gasteiger partial charge is 0.497 e. The van der Waals surface area contributed by atoms with Crippen LogP contribution in [0.5, 0.6) is 11.5 Å². The Hall–Kier alpha value is -3.10. The topological polar surface area (TPSA) is 89.5 Å². The highest BCUT2D eigenvalue weighted by Crippen LogP contribution is 2.31. The number of ether oxygens (including phenoxy) is 6. The van der Waals surface area contributed by atoms with E-state index in [4.69, 9.17) is 28.4 Å². The minimum absolute atomic E-state index is 0.174. The molecule has 2 fully saturated rings. The lowest BCUT2D eigenvalue weighted by Crippen LogP contribution is -2.36. The van der Waals surface area contributed by atoms with Crippen LogP contribution in [0.3, 0.4) is 0 Å². The van der Waals surface area contributed by atoms with Crippen molar-refractivity contribution in [3.8, 4) is 11.5 Å². The third-order valence-corrected chi connectivity index (χ3v) is 5.13. The molecule has 2 aliphatic heterocycles. The summed E-state index contributed by atoms with van der Waals surface area (Å²) in [7, 11) is 3.11. The van der Waals surface area contributed by atoms with Gasteiger partial charge in [-0.2, -0.15) is 0 Å². The van der Waals surface area contributed by atoms with Gasteiger partial charge in [-0.1, -0.05) is 55.4 Å². The summed E-state index contributed by atoms with van der Waals surface area (Å²) in [5, 5.41) is 0. The van der Waals surface area contributed by atoms with Gasteiger partial charge in [-0.3, -0.25) is 0 Å². The van der Waals surface area contributed by atoms with E-state index in [1.54, 1.807) is 62.8 Å². The Labute approximate surface area is 228 Å². The van der Waals surface area contributed by atoms with Gasteiger partial charge in [-0.05, 0) is 48.5 Å². The molecule has 8 heteroatoms. The van der Waals surface area contributed by atoms with Crippen molar-refractivity contribution in [2.45, 2.75) is 79.8 Å². The van der Waals surface area contributed by atoms with Crippen LogP contribution in [-0.2, 0) is 18.9 Å². The molecular formula is C30H46O8. The van der Waals surface area contributed by atoms with E-state index < -0.39 is 36.4 Å². The highest BCUT2D eigenvalue weighted by molar-refractivity contribution is 5.90. The molecule has 0 amide bonds. The molecule has 214 valence electrons. The van der Waals surface area contributed by atoms with E-state index in [0.717, 1.165) is 0 Å². The summed E-state index contributed by atoms with van der Waals surface area (Å²) in [6, 6.07) is 13.3. The smallest absolute Gasteiger partial charge is 0.338 e. The van der Waals surface area contributed by atoms with Gasteiger partial charge in [0.25, 0.3) is 0 Å². The monoisotopic (exact) mass is 534 g/mol. The standard InChI is InChI=1S/C22H22O8.4C2H6/c1-25-15-7-3-13(4-8-15)21(23)29-17-11-27-20-18(12-28-19(17)20)30-22(24)14-5-9-16(26-2)10-6-14;4*1-2/h3-10,17-20H,11-12H2,1-2H3;4*1-2H3/t17-,18-,19-,20-;;;;/m0..../s1. The van der Waals surface area contributed by atoms with Gasteiger partial charge in [0, 0.05) is 0 Å². The van der Waals surface area contributed by atoms with Crippen molar-refractivity contribution in [3.05, 3.63) is 59.7 Å². The first-order chi connectivity index (χ1) is 18.6. The van der Waals surface area contributed by atoms with Crippen LogP contribution in [0.25, 0.3) is 0 Å². The first-order valence-corrected chi connectivity index (χ1v) is 13.5. The Morgan fingerprint density at radius 2 is 0.868 bits per heavy atom. The van der Waals surface area contributed by atoms with Crippen molar-refractivity contribution in [1.82, 2.24) is 0 Å². The molecule has 0 spiro atoms. The maximum absolute atomic E-state index is 12.4. The van der Waals surface area contributed by atoms with Crippen molar-refractivity contribution in [3.63, 3.8) is 0 Å².